The van der Waals surface area contributed by atoms with Crippen LogP contribution >= 0.6 is 24.8 Å². The van der Waals surface area contributed by atoms with Crippen molar-refractivity contribution in [2.75, 3.05) is 36.0 Å². The van der Waals surface area contributed by atoms with Crippen LogP contribution in [0.3, 0.4) is 0 Å². The number of halogens is 5. The molecule has 4 aromatic rings. The van der Waals surface area contributed by atoms with E-state index in [1.807, 2.05) is 29.3 Å². The Morgan fingerprint density at radius 1 is 0.848 bits per heavy atom. The van der Waals surface area contributed by atoms with Crippen LogP contribution < -0.4 is 9.80 Å². The summed E-state index contributed by atoms with van der Waals surface area (Å²) < 4.78 is 39.2. The van der Waals surface area contributed by atoms with Crippen LogP contribution in [0.4, 0.5) is 24.5 Å². The summed E-state index contributed by atoms with van der Waals surface area (Å²) in [6, 6.07) is 13.7. The van der Waals surface area contributed by atoms with Crippen molar-refractivity contribution < 1.29 is 13.2 Å². The van der Waals surface area contributed by atoms with Crippen LogP contribution in [0.25, 0.3) is 22.0 Å². The molecule has 0 spiro atoms. The molecule has 5 nitrogen and oxygen atoms in total. The monoisotopic (exact) mass is 495 g/mol. The lowest BCUT2D eigenvalue weighted by molar-refractivity contribution is -0.137. The maximum Gasteiger partial charge on any atom is 0.416 e. The average Bonchev–Trinajstić information content (AvgIpc) is 3.33. The lowest BCUT2D eigenvalue weighted by Crippen LogP contribution is -2.46. The van der Waals surface area contributed by atoms with Crippen molar-refractivity contribution in [2.45, 2.75) is 6.18 Å². The highest BCUT2D eigenvalue weighted by molar-refractivity contribution is 5.94. The lowest BCUT2D eigenvalue weighted by Gasteiger charge is -2.38. The standard InChI is InChI=1S/C23H20F3N5.2ClH/c24-23(25,26)18-2-1-3-19(13-18)30-8-10-31(11-9-30)22-6-7-27-21-5-4-16(12-20(21)22)17-14-28-29-15-17;;/h1-7,12-15H,8-11H2,(H,28,29);2*1H. The quantitative estimate of drug-likeness (QED) is 0.389. The van der Waals surface area contributed by atoms with Crippen molar-refractivity contribution in [2.24, 2.45) is 0 Å². The molecule has 2 aromatic carbocycles. The molecule has 0 radical (unpaired) electrons. The second-order valence-electron chi connectivity index (χ2n) is 7.57. The molecule has 0 saturated carbocycles. The number of nitrogens with one attached hydrogen (secondary N) is 1. The predicted molar refractivity (Wildman–Crippen MR) is 130 cm³/mol. The molecule has 1 saturated heterocycles. The molecule has 5 rings (SSSR count). The number of benzene rings is 2. The van der Waals surface area contributed by atoms with E-state index < -0.39 is 11.7 Å². The highest BCUT2D eigenvalue weighted by atomic mass is 35.5. The van der Waals surface area contributed by atoms with Crippen LogP contribution in [0.2, 0.25) is 0 Å². The van der Waals surface area contributed by atoms with E-state index in [4.69, 9.17) is 0 Å². The number of anilines is 2. The molecule has 174 valence electrons. The van der Waals surface area contributed by atoms with Crippen LogP contribution in [0.15, 0.2) is 67.1 Å². The number of alkyl halides is 3. The van der Waals surface area contributed by atoms with Gasteiger partial charge in [0.15, 0.2) is 0 Å². The molecule has 33 heavy (non-hydrogen) atoms. The number of hydrogen-bond donors (Lipinski definition) is 1. The predicted octanol–water partition coefficient (Wildman–Crippen LogP) is 5.81. The Hall–Kier alpha value is -2.97. The normalized spacial score (nSPS) is 14.0. The topological polar surface area (TPSA) is 48.1 Å². The zero-order chi connectivity index (χ0) is 21.4. The summed E-state index contributed by atoms with van der Waals surface area (Å²) in [5.41, 5.74) is 4.05. The largest absolute Gasteiger partial charge is 0.416 e. The second kappa shape index (κ2) is 9.89. The summed E-state index contributed by atoms with van der Waals surface area (Å²) >= 11 is 0. The van der Waals surface area contributed by atoms with E-state index in [1.165, 1.54) is 12.1 Å². The zero-order valence-electron chi connectivity index (χ0n) is 17.4. The number of nitrogens with zero attached hydrogens (tertiary/aromatic N) is 4. The number of aromatic amines is 1. The molecule has 0 bridgehead atoms. The van der Waals surface area contributed by atoms with E-state index in [-0.39, 0.29) is 24.8 Å². The molecular weight excluding hydrogens is 474 g/mol. The summed E-state index contributed by atoms with van der Waals surface area (Å²) in [5, 5.41) is 7.91. The van der Waals surface area contributed by atoms with Gasteiger partial charge in [-0.15, -0.1) is 24.8 Å². The van der Waals surface area contributed by atoms with E-state index in [1.54, 1.807) is 18.5 Å². The maximum absolute atomic E-state index is 13.1. The van der Waals surface area contributed by atoms with Crippen molar-refractivity contribution in [1.82, 2.24) is 15.2 Å². The summed E-state index contributed by atoms with van der Waals surface area (Å²) in [6.07, 6.45) is 1.10. The Kier molecular flexibility index (Phi) is 7.39. The number of fused-ring (bicyclic) bond motifs is 1. The number of pyridine rings is 1. The molecule has 0 atom stereocenters. The molecule has 0 amide bonds. The van der Waals surface area contributed by atoms with Crippen molar-refractivity contribution in [3.05, 3.63) is 72.7 Å². The van der Waals surface area contributed by atoms with Crippen LogP contribution in [0.5, 0.6) is 0 Å². The van der Waals surface area contributed by atoms with E-state index in [0.29, 0.717) is 31.9 Å². The zero-order valence-corrected chi connectivity index (χ0v) is 19.1. The Morgan fingerprint density at radius 3 is 2.30 bits per heavy atom. The molecule has 2 aromatic heterocycles. The van der Waals surface area contributed by atoms with Gasteiger partial charge in [-0.3, -0.25) is 10.1 Å². The fourth-order valence-electron chi connectivity index (χ4n) is 4.08. The fraction of sp³-hybridized carbons (Fsp3) is 0.217. The highest BCUT2D eigenvalue weighted by Crippen LogP contribution is 2.33. The minimum atomic E-state index is -4.33. The first-order chi connectivity index (χ1) is 15.0. The van der Waals surface area contributed by atoms with Gasteiger partial charge in [-0.1, -0.05) is 12.1 Å². The molecule has 0 aliphatic carbocycles. The summed E-state index contributed by atoms with van der Waals surface area (Å²) in [5.74, 6) is 0. The van der Waals surface area contributed by atoms with Gasteiger partial charge in [-0.05, 0) is 42.0 Å². The molecular formula is C23H22Cl2F3N5. The Bertz CT molecular complexity index is 1210. The number of piperazine rings is 1. The number of H-pyrrole nitrogens is 1. The third-order valence-electron chi connectivity index (χ3n) is 5.71. The molecule has 1 fully saturated rings. The molecule has 1 N–H and O–H groups in total. The van der Waals surface area contributed by atoms with Crippen LogP contribution in [0, 0.1) is 0 Å². The maximum atomic E-state index is 13.1. The Balaban J connectivity index is 0.00000153. The van der Waals surface area contributed by atoms with Crippen molar-refractivity contribution in [3.8, 4) is 11.1 Å². The summed E-state index contributed by atoms with van der Waals surface area (Å²) in [6.45, 7) is 2.72. The van der Waals surface area contributed by atoms with Gasteiger partial charge in [-0.2, -0.15) is 18.3 Å². The Morgan fingerprint density at radius 2 is 1.61 bits per heavy atom. The fourth-order valence-corrected chi connectivity index (χ4v) is 4.08. The van der Waals surface area contributed by atoms with Gasteiger partial charge in [0.2, 0.25) is 0 Å². The first-order valence-electron chi connectivity index (χ1n) is 10.0. The average molecular weight is 496 g/mol. The third kappa shape index (κ3) is 5.02. The van der Waals surface area contributed by atoms with Gasteiger partial charge in [0.1, 0.15) is 0 Å². The van der Waals surface area contributed by atoms with Crippen LogP contribution in [0.1, 0.15) is 5.56 Å². The van der Waals surface area contributed by atoms with Gasteiger partial charge < -0.3 is 9.80 Å². The molecule has 10 heteroatoms. The van der Waals surface area contributed by atoms with Gasteiger partial charge in [0.05, 0.1) is 17.3 Å². The minimum Gasteiger partial charge on any atom is -0.368 e. The first kappa shape index (κ1) is 24.7. The van der Waals surface area contributed by atoms with E-state index in [0.717, 1.165) is 33.8 Å². The number of hydrogen-bond acceptors (Lipinski definition) is 4. The first-order valence-corrected chi connectivity index (χ1v) is 10.0. The molecule has 1 aliphatic rings. The number of rotatable bonds is 3. The SMILES string of the molecule is Cl.Cl.FC(F)(F)c1cccc(N2CCN(c3ccnc4ccc(-c5cn[nH]c5)cc34)CC2)c1. The van der Waals surface area contributed by atoms with Crippen LogP contribution in [-0.2, 0) is 6.18 Å². The molecule has 1 aliphatic heterocycles. The smallest absolute Gasteiger partial charge is 0.368 e. The second-order valence-corrected chi connectivity index (χ2v) is 7.57. The lowest BCUT2D eigenvalue weighted by atomic mass is 10.0. The van der Waals surface area contributed by atoms with Crippen molar-refractivity contribution >= 4 is 47.1 Å². The molecule has 3 heterocycles. The number of aromatic nitrogens is 3. The van der Waals surface area contributed by atoms with E-state index in [9.17, 15) is 13.2 Å². The van der Waals surface area contributed by atoms with E-state index >= 15 is 0 Å². The minimum absolute atomic E-state index is 0. The molecule has 0 unspecified atom stereocenters. The van der Waals surface area contributed by atoms with Crippen molar-refractivity contribution in [1.29, 1.82) is 0 Å². The third-order valence-corrected chi connectivity index (χ3v) is 5.71. The van der Waals surface area contributed by atoms with Gasteiger partial charge >= 0.3 is 6.18 Å². The van der Waals surface area contributed by atoms with Gasteiger partial charge in [-0.25, -0.2) is 0 Å². The summed E-state index contributed by atoms with van der Waals surface area (Å²) in [4.78, 5) is 8.76. The summed E-state index contributed by atoms with van der Waals surface area (Å²) in [7, 11) is 0. The van der Waals surface area contributed by atoms with Gasteiger partial charge in [0.25, 0.3) is 0 Å². The van der Waals surface area contributed by atoms with Crippen LogP contribution in [-0.4, -0.2) is 41.4 Å². The van der Waals surface area contributed by atoms with Crippen molar-refractivity contribution in [3.63, 3.8) is 0 Å². The highest BCUT2D eigenvalue weighted by Gasteiger charge is 2.31. The Labute approximate surface area is 201 Å². The van der Waals surface area contributed by atoms with E-state index in [2.05, 4.69) is 26.1 Å². The van der Waals surface area contributed by atoms with Gasteiger partial charge in [0, 0.05) is 60.9 Å².